The highest BCUT2D eigenvalue weighted by Crippen LogP contribution is 2.39. The van der Waals surface area contributed by atoms with Crippen LogP contribution in [0.15, 0.2) is 71.7 Å². The van der Waals surface area contributed by atoms with Gasteiger partial charge in [-0.1, -0.05) is 74.0 Å². The van der Waals surface area contributed by atoms with E-state index in [9.17, 15) is 14.7 Å². The molecule has 0 bridgehead atoms. The summed E-state index contributed by atoms with van der Waals surface area (Å²) in [6, 6.07) is 19.9. The van der Waals surface area contributed by atoms with E-state index in [0.717, 1.165) is 30.2 Å². The van der Waals surface area contributed by atoms with Crippen LogP contribution in [0.5, 0.6) is 5.75 Å². The number of aromatic hydroxyl groups is 1. The molecule has 3 aromatic rings. The van der Waals surface area contributed by atoms with Gasteiger partial charge < -0.3 is 10.0 Å². The Morgan fingerprint density at radius 3 is 2.20 bits per heavy atom. The van der Waals surface area contributed by atoms with Crippen molar-refractivity contribution in [3.8, 4) is 5.75 Å². The number of unbranched alkanes of at least 4 members (excludes halogenated alkanes) is 1. The summed E-state index contributed by atoms with van der Waals surface area (Å²) in [6.45, 7) is 3.10. The smallest absolute Gasteiger partial charge is 0.276 e. The minimum Gasteiger partial charge on any atom is -0.502 e. The lowest BCUT2D eigenvalue weighted by atomic mass is 9.83. The van der Waals surface area contributed by atoms with Gasteiger partial charge >= 0.3 is 0 Å². The molecule has 1 unspecified atom stereocenters. The average Bonchev–Trinajstić information content (AvgIpc) is 2.78. The molecule has 4 rings (SSSR count). The van der Waals surface area contributed by atoms with Crippen LogP contribution >= 0.6 is 0 Å². The highest BCUT2D eigenvalue weighted by molar-refractivity contribution is 5.95. The van der Waals surface area contributed by atoms with Crippen molar-refractivity contribution in [1.29, 1.82) is 0 Å². The molecule has 0 saturated carbocycles. The number of hydrogen-bond donors (Lipinski definition) is 1. The van der Waals surface area contributed by atoms with Gasteiger partial charge in [0.2, 0.25) is 5.43 Å². The summed E-state index contributed by atoms with van der Waals surface area (Å²) in [5.41, 5.74) is 1.52. The molecule has 0 fully saturated rings. The first-order chi connectivity index (χ1) is 14.6. The molecule has 154 valence electrons. The second-order valence-corrected chi connectivity index (χ2v) is 7.62. The fourth-order valence-corrected chi connectivity index (χ4v) is 4.19. The van der Waals surface area contributed by atoms with Crippen LogP contribution in [-0.4, -0.2) is 38.8 Å². The van der Waals surface area contributed by atoms with Crippen LogP contribution in [0, 0.1) is 0 Å². The first kappa shape index (κ1) is 19.9. The Labute approximate surface area is 175 Å². The minimum absolute atomic E-state index is 0.0216. The SMILES string of the molecule is CCCCN1CC(C(c2ccccc2)c2ccccc2)n2ncc(=O)c(O)c2C1=O. The van der Waals surface area contributed by atoms with Gasteiger partial charge in [0, 0.05) is 19.0 Å². The first-order valence-corrected chi connectivity index (χ1v) is 10.3. The lowest BCUT2D eigenvalue weighted by Crippen LogP contribution is -2.47. The molecule has 0 spiro atoms. The van der Waals surface area contributed by atoms with Crippen molar-refractivity contribution < 1.29 is 9.90 Å². The third-order valence-electron chi connectivity index (χ3n) is 5.68. The number of amides is 1. The first-order valence-electron chi connectivity index (χ1n) is 10.3. The van der Waals surface area contributed by atoms with E-state index in [1.54, 1.807) is 9.58 Å². The highest BCUT2D eigenvalue weighted by Gasteiger charge is 2.39. The molecule has 1 aliphatic heterocycles. The fraction of sp³-hybridized carbons (Fsp3) is 0.292. The minimum atomic E-state index is -0.637. The van der Waals surface area contributed by atoms with Gasteiger partial charge in [-0.2, -0.15) is 5.10 Å². The number of carbonyl (C=O) groups excluding carboxylic acids is 1. The maximum atomic E-state index is 13.1. The molecule has 0 saturated heterocycles. The van der Waals surface area contributed by atoms with Crippen LogP contribution in [0.25, 0.3) is 0 Å². The van der Waals surface area contributed by atoms with Crippen molar-refractivity contribution in [3.63, 3.8) is 0 Å². The summed E-state index contributed by atoms with van der Waals surface area (Å²) in [5, 5.41) is 14.8. The van der Waals surface area contributed by atoms with E-state index in [2.05, 4.69) is 36.3 Å². The Balaban J connectivity index is 1.90. The maximum Gasteiger partial charge on any atom is 0.276 e. The highest BCUT2D eigenvalue weighted by atomic mass is 16.3. The predicted octanol–water partition coefficient (Wildman–Crippen LogP) is 3.58. The molecule has 6 nitrogen and oxygen atoms in total. The monoisotopic (exact) mass is 403 g/mol. The van der Waals surface area contributed by atoms with Gasteiger partial charge in [0.15, 0.2) is 11.4 Å². The second kappa shape index (κ2) is 8.53. The zero-order chi connectivity index (χ0) is 21.1. The van der Waals surface area contributed by atoms with Crippen molar-refractivity contribution in [2.75, 3.05) is 13.1 Å². The Kier molecular flexibility index (Phi) is 5.65. The molecule has 6 heteroatoms. The Hall–Kier alpha value is -3.41. The van der Waals surface area contributed by atoms with Crippen LogP contribution in [0.4, 0.5) is 0 Å². The molecule has 1 atom stereocenters. The van der Waals surface area contributed by atoms with E-state index in [1.807, 2.05) is 36.4 Å². The summed E-state index contributed by atoms with van der Waals surface area (Å²) in [4.78, 5) is 26.9. The molecular weight excluding hydrogens is 378 g/mol. The molecular formula is C24H25N3O3. The standard InChI is InChI=1S/C24H25N3O3/c1-2-3-14-26-16-19(27-22(24(26)30)23(29)20(28)15-25-27)21(17-10-6-4-7-11-17)18-12-8-5-9-13-18/h4-13,15,19,21,29H,2-3,14,16H2,1H3. The normalized spacial score (nSPS) is 16.0. The van der Waals surface area contributed by atoms with Crippen LogP contribution in [0.1, 0.15) is 53.3 Å². The van der Waals surface area contributed by atoms with Gasteiger partial charge in [-0.25, -0.2) is 0 Å². The van der Waals surface area contributed by atoms with E-state index in [-0.39, 0.29) is 23.6 Å². The quantitative estimate of drug-likeness (QED) is 0.683. The Bertz CT molecular complexity index is 1040. The molecule has 30 heavy (non-hydrogen) atoms. The zero-order valence-electron chi connectivity index (χ0n) is 16.9. The molecule has 2 aromatic carbocycles. The molecule has 1 aliphatic rings. The number of hydrogen-bond acceptors (Lipinski definition) is 4. The van der Waals surface area contributed by atoms with Gasteiger partial charge in [-0.15, -0.1) is 0 Å². The van der Waals surface area contributed by atoms with E-state index >= 15 is 0 Å². The lowest BCUT2D eigenvalue weighted by molar-refractivity contribution is 0.0631. The molecule has 0 radical (unpaired) electrons. The van der Waals surface area contributed by atoms with Gasteiger partial charge in [0.05, 0.1) is 12.2 Å². The molecule has 2 heterocycles. The van der Waals surface area contributed by atoms with Crippen LogP contribution in [0.3, 0.4) is 0 Å². The summed E-state index contributed by atoms with van der Waals surface area (Å²) < 4.78 is 1.55. The van der Waals surface area contributed by atoms with Crippen LogP contribution < -0.4 is 5.43 Å². The average molecular weight is 403 g/mol. The van der Waals surface area contributed by atoms with Crippen molar-refractivity contribution >= 4 is 5.91 Å². The summed E-state index contributed by atoms with van der Waals surface area (Å²) in [5.74, 6) is -0.971. The lowest BCUT2D eigenvalue weighted by Gasteiger charge is -2.39. The van der Waals surface area contributed by atoms with Crippen molar-refractivity contribution in [2.24, 2.45) is 0 Å². The van der Waals surface area contributed by atoms with Gasteiger partial charge in [0.25, 0.3) is 5.91 Å². The van der Waals surface area contributed by atoms with E-state index in [1.165, 1.54) is 0 Å². The van der Waals surface area contributed by atoms with Crippen LogP contribution in [-0.2, 0) is 0 Å². The number of fused-ring (bicyclic) bond motifs is 1. The molecule has 1 N–H and O–H groups in total. The number of carbonyl (C=O) groups is 1. The van der Waals surface area contributed by atoms with Crippen LogP contribution in [0.2, 0.25) is 0 Å². The van der Waals surface area contributed by atoms with Gasteiger partial charge in [-0.3, -0.25) is 14.3 Å². The number of aromatic nitrogens is 2. The number of rotatable bonds is 6. The molecule has 1 aromatic heterocycles. The van der Waals surface area contributed by atoms with Crippen molar-refractivity contribution in [3.05, 3.63) is 93.9 Å². The van der Waals surface area contributed by atoms with E-state index in [0.29, 0.717) is 13.1 Å². The van der Waals surface area contributed by atoms with Crippen molar-refractivity contribution in [2.45, 2.75) is 31.7 Å². The molecule has 1 amide bonds. The Morgan fingerprint density at radius 1 is 1.03 bits per heavy atom. The van der Waals surface area contributed by atoms with E-state index < -0.39 is 11.2 Å². The largest absolute Gasteiger partial charge is 0.502 e. The zero-order valence-corrected chi connectivity index (χ0v) is 16.9. The maximum absolute atomic E-state index is 13.1. The summed E-state index contributed by atoms with van der Waals surface area (Å²) in [6.07, 6.45) is 2.89. The fourth-order valence-electron chi connectivity index (χ4n) is 4.19. The third-order valence-corrected chi connectivity index (χ3v) is 5.68. The predicted molar refractivity (Wildman–Crippen MR) is 115 cm³/mol. The number of nitrogens with zero attached hydrogens (tertiary/aromatic N) is 3. The van der Waals surface area contributed by atoms with Gasteiger partial charge in [0.1, 0.15) is 0 Å². The van der Waals surface area contributed by atoms with Gasteiger partial charge in [-0.05, 0) is 17.5 Å². The number of benzene rings is 2. The van der Waals surface area contributed by atoms with E-state index in [4.69, 9.17) is 0 Å². The van der Waals surface area contributed by atoms with Crippen molar-refractivity contribution in [1.82, 2.24) is 14.7 Å². The summed E-state index contributed by atoms with van der Waals surface area (Å²) >= 11 is 0. The summed E-state index contributed by atoms with van der Waals surface area (Å²) in [7, 11) is 0. The third kappa shape index (κ3) is 3.61. The Morgan fingerprint density at radius 2 is 1.63 bits per heavy atom. The molecule has 0 aliphatic carbocycles. The second-order valence-electron chi connectivity index (χ2n) is 7.62. The topological polar surface area (TPSA) is 75.4 Å².